The number of methoxy groups -OCH3 is 1. The summed E-state index contributed by atoms with van der Waals surface area (Å²) in [6, 6.07) is 29.0. The minimum Gasteiger partial charge on any atom is -0.466 e. The average molecular weight is 581 g/mol. The van der Waals surface area contributed by atoms with Crippen LogP contribution >= 0.6 is 0 Å². The van der Waals surface area contributed by atoms with Gasteiger partial charge in [-0.25, -0.2) is 9.59 Å². The summed E-state index contributed by atoms with van der Waals surface area (Å²) < 4.78 is 11.4. The number of allylic oxidation sites excluding steroid dienone is 2. The molecule has 0 fully saturated rings. The van der Waals surface area contributed by atoms with Crippen molar-refractivity contribution in [2.45, 2.75) is 58.5 Å². The molecule has 6 heteroatoms. The van der Waals surface area contributed by atoms with Gasteiger partial charge in [0, 0.05) is 23.9 Å². The predicted molar refractivity (Wildman–Crippen MR) is 171 cm³/mol. The highest BCUT2D eigenvalue weighted by atomic mass is 16.6. The van der Waals surface area contributed by atoms with E-state index in [1.54, 1.807) is 0 Å². The Labute approximate surface area is 256 Å². The Balaban J connectivity index is 1.51. The molecule has 0 radical (unpaired) electrons. The van der Waals surface area contributed by atoms with E-state index >= 15 is 0 Å². The number of hydrogen-bond acceptors (Lipinski definition) is 6. The fourth-order valence-electron chi connectivity index (χ4n) is 6.14. The van der Waals surface area contributed by atoms with Crippen LogP contribution in [0.4, 0.5) is 0 Å². The third kappa shape index (κ3) is 7.82. The van der Waals surface area contributed by atoms with Crippen molar-refractivity contribution in [1.82, 2.24) is 10.2 Å². The smallest absolute Gasteiger partial charge is 0.337 e. The van der Waals surface area contributed by atoms with Crippen LogP contribution in [0.25, 0.3) is 0 Å². The zero-order valence-electron chi connectivity index (χ0n) is 26.4. The second-order valence-corrected chi connectivity index (χ2v) is 12.1. The molecule has 0 aliphatic carbocycles. The van der Waals surface area contributed by atoms with Crippen LogP contribution in [0.15, 0.2) is 107 Å². The van der Waals surface area contributed by atoms with Crippen molar-refractivity contribution in [1.29, 1.82) is 0 Å². The first-order valence-electron chi connectivity index (χ1n) is 14.9. The maximum atomic E-state index is 14.0. The van der Waals surface area contributed by atoms with Crippen molar-refractivity contribution in [3.05, 3.63) is 130 Å². The van der Waals surface area contributed by atoms with Crippen molar-refractivity contribution >= 4 is 11.9 Å². The molecule has 1 atom stereocenters. The van der Waals surface area contributed by atoms with Crippen LogP contribution in [-0.4, -0.2) is 49.7 Å². The van der Waals surface area contributed by atoms with Crippen molar-refractivity contribution in [2.24, 2.45) is 0 Å². The number of aryl methyl sites for hydroxylation is 1. The van der Waals surface area contributed by atoms with Gasteiger partial charge in [-0.2, -0.15) is 0 Å². The number of carbonyl (C=O) groups is 2. The molecule has 4 rings (SSSR count). The van der Waals surface area contributed by atoms with Gasteiger partial charge < -0.3 is 19.7 Å². The molecule has 43 heavy (non-hydrogen) atoms. The van der Waals surface area contributed by atoms with E-state index < -0.39 is 23.5 Å². The van der Waals surface area contributed by atoms with Crippen LogP contribution in [-0.2, 0) is 19.1 Å². The fourth-order valence-corrected chi connectivity index (χ4v) is 6.14. The number of ether oxygens (including phenoxy) is 2. The molecule has 0 saturated carbocycles. The summed E-state index contributed by atoms with van der Waals surface area (Å²) in [5.74, 6) is -1.26. The Kier molecular flexibility index (Phi) is 10.3. The average Bonchev–Trinajstić information content (AvgIpc) is 2.97. The zero-order chi connectivity index (χ0) is 31.1. The third-order valence-corrected chi connectivity index (χ3v) is 7.98. The molecule has 1 unspecified atom stereocenters. The summed E-state index contributed by atoms with van der Waals surface area (Å²) in [6.07, 6.45) is 0.921. The van der Waals surface area contributed by atoms with Crippen LogP contribution in [0.2, 0.25) is 0 Å². The second-order valence-electron chi connectivity index (χ2n) is 12.1. The number of nitrogens with one attached hydrogen (secondary N) is 1. The molecule has 1 N–H and O–H groups in total. The Bertz CT molecular complexity index is 1450. The van der Waals surface area contributed by atoms with Gasteiger partial charge in [0.05, 0.1) is 24.2 Å². The summed E-state index contributed by atoms with van der Waals surface area (Å²) in [4.78, 5) is 29.2. The van der Waals surface area contributed by atoms with Gasteiger partial charge in [-0.05, 0) is 71.3 Å². The van der Waals surface area contributed by atoms with Gasteiger partial charge in [0.15, 0.2) is 0 Å². The lowest BCUT2D eigenvalue weighted by Crippen LogP contribution is -2.42. The molecular weight excluding hydrogens is 536 g/mol. The summed E-state index contributed by atoms with van der Waals surface area (Å²) in [6.45, 7) is 10.9. The lowest BCUT2D eigenvalue weighted by molar-refractivity contribution is -0.153. The highest BCUT2D eigenvalue weighted by molar-refractivity contribution is 6.00. The number of rotatable bonds is 11. The molecule has 226 valence electrons. The highest BCUT2D eigenvalue weighted by Crippen LogP contribution is 2.40. The number of esters is 2. The summed E-state index contributed by atoms with van der Waals surface area (Å²) >= 11 is 0. The van der Waals surface area contributed by atoms with Gasteiger partial charge in [-0.3, -0.25) is 0 Å². The van der Waals surface area contributed by atoms with Crippen molar-refractivity contribution in [3.8, 4) is 0 Å². The van der Waals surface area contributed by atoms with Gasteiger partial charge in [-0.15, -0.1) is 0 Å². The number of benzene rings is 3. The molecule has 3 aromatic rings. The lowest BCUT2D eigenvalue weighted by Gasteiger charge is -2.34. The van der Waals surface area contributed by atoms with E-state index in [0.29, 0.717) is 29.1 Å². The first-order valence-corrected chi connectivity index (χ1v) is 14.9. The van der Waals surface area contributed by atoms with E-state index in [2.05, 4.69) is 65.8 Å². The number of likely N-dealkylation sites (N-methyl/N-ethyl adjacent to an activating group) is 1. The Morgan fingerprint density at radius 1 is 0.837 bits per heavy atom. The van der Waals surface area contributed by atoms with Gasteiger partial charge in [0.2, 0.25) is 0 Å². The van der Waals surface area contributed by atoms with Crippen LogP contribution in [0.5, 0.6) is 0 Å². The maximum Gasteiger partial charge on any atom is 0.337 e. The molecule has 0 amide bonds. The molecule has 1 aliphatic rings. The summed E-state index contributed by atoms with van der Waals surface area (Å²) in [5.41, 5.74) is 5.82. The quantitative estimate of drug-likeness (QED) is 0.250. The van der Waals surface area contributed by atoms with Crippen LogP contribution < -0.4 is 5.32 Å². The van der Waals surface area contributed by atoms with E-state index in [4.69, 9.17) is 9.47 Å². The van der Waals surface area contributed by atoms with Crippen LogP contribution in [0.3, 0.4) is 0 Å². The molecule has 1 heterocycles. The zero-order valence-corrected chi connectivity index (χ0v) is 26.4. The molecular formula is C37H44N2O4. The SMILES string of the molecule is COC(=O)C1=C(C)NC(C)=C(C(=O)OC(C)(C)CN(C)CCC(c2ccccc2)c2ccccc2)C1c1cccc(C)c1. The van der Waals surface area contributed by atoms with E-state index in [0.717, 1.165) is 24.1 Å². The molecule has 3 aromatic carbocycles. The first-order chi connectivity index (χ1) is 20.5. The molecule has 1 aliphatic heterocycles. The van der Waals surface area contributed by atoms with Crippen molar-refractivity contribution in [2.75, 3.05) is 27.2 Å². The first kappa shape index (κ1) is 31.8. The van der Waals surface area contributed by atoms with Crippen LogP contribution in [0.1, 0.15) is 68.2 Å². The lowest BCUT2D eigenvalue weighted by atomic mass is 9.80. The topological polar surface area (TPSA) is 67.9 Å². The van der Waals surface area contributed by atoms with Crippen molar-refractivity contribution in [3.63, 3.8) is 0 Å². The number of carbonyl (C=O) groups excluding carboxylic acids is 2. The van der Waals surface area contributed by atoms with Crippen LogP contribution in [0, 0.1) is 6.92 Å². The fraction of sp³-hybridized carbons (Fsp3) is 0.351. The Morgan fingerprint density at radius 3 is 1.93 bits per heavy atom. The third-order valence-electron chi connectivity index (χ3n) is 7.98. The Hall–Kier alpha value is -4.16. The monoisotopic (exact) mass is 580 g/mol. The Morgan fingerprint density at radius 2 is 1.40 bits per heavy atom. The van der Waals surface area contributed by atoms with Crippen molar-refractivity contribution < 1.29 is 19.1 Å². The predicted octanol–water partition coefficient (Wildman–Crippen LogP) is 6.88. The number of hydrogen-bond donors (Lipinski definition) is 1. The molecule has 0 saturated heterocycles. The molecule has 0 aromatic heterocycles. The maximum absolute atomic E-state index is 14.0. The molecule has 6 nitrogen and oxygen atoms in total. The molecule has 0 bridgehead atoms. The molecule has 0 spiro atoms. The largest absolute Gasteiger partial charge is 0.466 e. The van der Waals surface area contributed by atoms with E-state index in [-0.39, 0.29) is 5.92 Å². The second kappa shape index (κ2) is 13.9. The van der Waals surface area contributed by atoms with Gasteiger partial charge in [0.25, 0.3) is 0 Å². The number of dihydropyridines is 1. The van der Waals surface area contributed by atoms with Gasteiger partial charge in [-0.1, -0.05) is 90.5 Å². The summed E-state index contributed by atoms with van der Waals surface area (Å²) in [5, 5.41) is 3.23. The van der Waals surface area contributed by atoms with Gasteiger partial charge >= 0.3 is 11.9 Å². The van der Waals surface area contributed by atoms with E-state index in [1.807, 2.05) is 71.0 Å². The minimum absolute atomic E-state index is 0.262. The normalized spacial score (nSPS) is 15.5. The standard InChI is InChI=1S/C37H44N2O4/c1-25-15-14-20-30(23-25)34-32(35(40)42-7)26(2)38-27(3)33(34)36(41)43-37(4,5)24-39(6)22-21-31(28-16-10-8-11-17-28)29-18-12-9-13-19-29/h8-20,23,31,34,38H,21-22,24H2,1-7H3. The van der Waals surface area contributed by atoms with E-state index in [1.165, 1.54) is 18.2 Å². The van der Waals surface area contributed by atoms with Gasteiger partial charge in [0.1, 0.15) is 5.60 Å². The summed E-state index contributed by atoms with van der Waals surface area (Å²) in [7, 11) is 3.42. The van der Waals surface area contributed by atoms with E-state index in [9.17, 15) is 9.59 Å². The highest BCUT2D eigenvalue weighted by Gasteiger charge is 2.39. The number of nitrogens with zero attached hydrogens (tertiary/aromatic N) is 1. The minimum atomic E-state index is -0.785.